The summed E-state index contributed by atoms with van der Waals surface area (Å²) in [6.07, 6.45) is 10.7. The molecular formula is C23H24N6O2. The fraction of sp³-hybridized carbons (Fsp3) is 0.348. The van der Waals surface area contributed by atoms with E-state index in [1.807, 2.05) is 47.1 Å². The first kappa shape index (κ1) is 19.4. The molecule has 158 valence electrons. The normalized spacial score (nSPS) is 18.1. The highest BCUT2D eigenvalue weighted by Crippen LogP contribution is 2.42. The summed E-state index contributed by atoms with van der Waals surface area (Å²) in [6, 6.07) is 5.87. The minimum atomic E-state index is -0.0607. The number of nitrogens with zero attached hydrogens (tertiary/aromatic N) is 6. The summed E-state index contributed by atoms with van der Waals surface area (Å²) >= 11 is 0. The van der Waals surface area contributed by atoms with Crippen LogP contribution >= 0.6 is 0 Å². The molecule has 3 aromatic rings. The Balaban J connectivity index is 1.50. The van der Waals surface area contributed by atoms with Gasteiger partial charge in [0.25, 0.3) is 0 Å². The minimum absolute atomic E-state index is 0.0158. The van der Waals surface area contributed by atoms with E-state index in [9.17, 15) is 9.59 Å². The Hall–Kier alpha value is -3.55. The maximum Gasteiger partial charge on any atom is 0.230 e. The third-order valence-electron chi connectivity index (χ3n) is 5.87. The van der Waals surface area contributed by atoms with Crippen LogP contribution in [0.2, 0.25) is 0 Å². The van der Waals surface area contributed by atoms with Gasteiger partial charge in [-0.25, -0.2) is 9.97 Å². The van der Waals surface area contributed by atoms with Crippen molar-refractivity contribution in [2.24, 2.45) is 5.92 Å². The summed E-state index contributed by atoms with van der Waals surface area (Å²) in [6.45, 7) is 4.65. The lowest BCUT2D eigenvalue weighted by atomic mass is 10.0. The molecule has 1 atom stereocenters. The highest BCUT2D eigenvalue weighted by Gasteiger charge is 2.39. The van der Waals surface area contributed by atoms with Crippen LogP contribution in [0, 0.1) is 5.92 Å². The number of amides is 2. The van der Waals surface area contributed by atoms with E-state index in [0.717, 1.165) is 40.9 Å². The zero-order valence-corrected chi connectivity index (χ0v) is 17.6. The number of hydrogen-bond acceptors (Lipinski definition) is 5. The predicted octanol–water partition coefficient (Wildman–Crippen LogP) is 2.89. The van der Waals surface area contributed by atoms with Crippen molar-refractivity contribution in [3.05, 3.63) is 54.9 Å². The monoisotopic (exact) mass is 416 g/mol. The Morgan fingerprint density at radius 1 is 1.06 bits per heavy atom. The number of carbonyl (C=O) groups is 2. The molecule has 1 fully saturated rings. The van der Waals surface area contributed by atoms with Crippen LogP contribution in [0.25, 0.3) is 11.1 Å². The van der Waals surface area contributed by atoms with Crippen LogP contribution < -0.4 is 9.80 Å². The molecule has 0 saturated heterocycles. The van der Waals surface area contributed by atoms with E-state index in [2.05, 4.69) is 15.1 Å². The highest BCUT2D eigenvalue weighted by molar-refractivity contribution is 6.06. The lowest BCUT2D eigenvalue weighted by Gasteiger charge is -2.41. The molecule has 3 heterocycles. The van der Waals surface area contributed by atoms with Crippen LogP contribution in [0.1, 0.15) is 32.3 Å². The molecule has 0 unspecified atom stereocenters. The van der Waals surface area contributed by atoms with E-state index in [1.165, 1.54) is 6.33 Å². The summed E-state index contributed by atoms with van der Waals surface area (Å²) in [5.41, 5.74) is 4.46. The summed E-state index contributed by atoms with van der Waals surface area (Å²) in [7, 11) is 0. The molecule has 5 rings (SSSR count). The van der Waals surface area contributed by atoms with Crippen molar-refractivity contribution in [1.29, 1.82) is 0 Å². The molecule has 0 N–H and O–H groups in total. The molecule has 8 nitrogen and oxygen atoms in total. The van der Waals surface area contributed by atoms with E-state index in [4.69, 9.17) is 0 Å². The van der Waals surface area contributed by atoms with Crippen molar-refractivity contribution >= 4 is 23.2 Å². The van der Waals surface area contributed by atoms with E-state index in [-0.39, 0.29) is 23.8 Å². The van der Waals surface area contributed by atoms with Gasteiger partial charge in [0, 0.05) is 49.1 Å². The molecule has 1 aliphatic carbocycles. The van der Waals surface area contributed by atoms with Crippen molar-refractivity contribution in [3.8, 4) is 11.1 Å². The molecule has 31 heavy (non-hydrogen) atoms. The molecule has 2 aromatic heterocycles. The molecule has 1 saturated carbocycles. The lowest BCUT2D eigenvalue weighted by Crippen LogP contribution is -2.51. The molecule has 8 heteroatoms. The van der Waals surface area contributed by atoms with Crippen LogP contribution in [0.3, 0.4) is 0 Å². The fourth-order valence-corrected chi connectivity index (χ4v) is 4.24. The molecule has 1 aromatic carbocycles. The molecule has 2 aliphatic rings. The number of carbonyl (C=O) groups excluding carboxylic acids is 2. The Bertz CT molecular complexity index is 1140. The smallest absolute Gasteiger partial charge is 0.230 e. The molecular weight excluding hydrogens is 392 g/mol. The Morgan fingerprint density at radius 2 is 1.84 bits per heavy atom. The minimum Gasteiger partial charge on any atom is -0.308 e. The van der Waals surface area contributed by atoms with Crippen LogP contribution in [-0.2, 0) is 16.1 Å². The van der Waals surface area contributed by atoms with E-state index in [0.29, 0.717) is 13.1 Å². The molecule has 0 radical (unpaired) electrons. The van der Waals surface area contributed by atoms with Crippen LogP contribution in [0.5, 0.6) is 0 Å². The molecule has 2 amide bonds. The second-order valence-corrected chi connectivity index (χ2v) is 8.34. The average molecular weight is 416 g/mol. The largest absolute Gasteiger partial charge is 0.308 e. The first-order chi connectivity index (χ1) is 15.0. The number of rotatable bonds is 4. The van der Waals surface area contributed by atoms with Gasteiger partial charge in [-0.1, -0.05) is 6.07 Å². The van der Waals surface area contributed by atoms with Crippen molar-refractivity contribution in [2.75, 3.05) is 16.3 Å². The fourth-order valence-electron chi connectivity index (χ4n) is 4.24. The van der Waals surface area contributed by atoms with Gasteiger partial charge in [0.15, 0.2) is 0 Å². The van der Waals surface area contributed by atoms with Gasteiger partial charge >= 0.3 is 0 Å². The maximum atomic E-state index is 13.0. The highest BCUT2D eigenvalue weighted by atomic mass is 16.2. The summed E-state index contributed by atoms with van der Waals surface area (Å²) < 4.78 is 1.84. The Kier molecular flexibility index (Phi) is 4.77. The summed E-state index contributed by atoms with van der Waals surface area (Å²) in [4.78, 5) is 37.1. The van der Waals surface area contributed by atoms with Crippen LogP contribution in [0.4, 0.5) is 11.4 Å². The van der Waals surface area contributed by atoms with Gasteiger partial charge in [0.1, 0.15) is 6.33 Å². The topological polar surface area (TPSA) is 84.2 Å². The van der Waals surface area contributed by atoms with Gasteiger partial charge in [0.2, 0.25) is 11.8 Å². The molecule has 1 aliphatic heterocycles. The van der Waals surface area contributed by atoms with Gasteiger partial charge in [0.05, 0.1) is 30.2 Å². The number of benzene rings is 1. The van der Waals surface area contributed by atoms with Gasteiger partial charge in [-0.15, -0.1) is 0 Å². The SMILES string of the molecule is CC(=O)N1c2ccc(-c3cnn(Cc4cncnc4)c3)cc2N(C(=O)C2CC2)C[C@@H]1C. The van der Waals surface area contributed by atoms with Gasteiger partial charge in [-0.05, 0) is 37.5 Å². The third kappa shape index (κ3) is 3.69. The van der Waals surface area contributed by atoms with Gasteiger partial charge < -0.3 is 9.80 Å². The maximum absolute atomic E-state index is 13.0. The second kappa shape index (κ2) is 7.61. The van der Waals surface area contributed by atoms with Gasteiger partial charge in [-0.3, -0.25) is 14.3 Å². The van der Waals surface area contributed by atoms with E-state index in [1.54, 1.807) is 24.2 Å². The van der Waals surface area contributed by atoms with Gasteiger partial charge in [-0.2, -0.15) is 5.10 Å². The van der Waals surface area contributed by atoms with Crippen molar-refractivity contribution in [2.45, 2.75) is 39.3 Å². The lowest BCUT2D eigenvalue weighted by molar-refractivity contribution is -0.120. The zero-order chi connectivity index (χ0) is 21.5. The van der Waals surface area contributed by atoms with Crippen molar-refractivity contribution < 1.29 is 9.59 Å². The first-order valence-electron chi connectivity index (χ1n) is 10.5. The molecule has 0 spiro atoms. The van der Waals surface area contributed by atoms with Crippen LogP contribution in [0.15, 0.2) is 49.3 Å². The summed E-state index contributed by atoms with van der Waals surface area (Å²) in [5.74, 6) is 0.259. The predicted molar refractivity (Wildman–Crippen MR) is 116 cm³/mol. The molecule has 0 bridgehead atoms. The summed E-state index contributed by atoms with van der Waals surface area (Å²) in [5, 5.41) is 4.46. The van der Waals surface area contributed by atoms with E-state index < -0.39 is 0 Å². The number of hydrogen-bond donors (Lipinski definition) is 0. The second-order valence-electron chi connectivity index (χ2n) is 8.34. The van der Waals surface area contributed by atoms with Crippen molar-refractivity contribution in [3.63, 3.8) is 0 Å². The van der Waals surface area contributed by atoms with Crippen molar-refractivity contribution in [1.82, 2.24) is 19.7 Å². The third-order valence-corrected chi connectivity index (χ3v) is 5.87. The Morgan fingerprint density at radius 3 is 2.55 bits per heavy atom. The standard InChI is InChI=1S/C23H24N6O2/c1-15-11-28(23(31)18-3-4-18)22-7-19(5-6-21(22)29(15)16(2)30)20-10-26-27(13-20)12-17-8-24-14-25-9-17/h5-10,13-15,18H,3-4,11-12H2,1-2H3/t15-/m0/s1. The Labute approximate surface area is 180 Å². The van der Waals surface area contributed by atoms with E-state index >= 15 is 0 Å². The number of anilines is 2. The number of fused-ring (bicyclic) bond motifs is 1. The quantitative estimate of drug-likeness (QED) is 0.653. The average Bonchev–Trinajstić information content (AvgIpc) is 3.52. The first-order valence-corrected chi connectivity index (χ1v) is 10.5. The number of aromatic nitrogens is 4. The zero-order valence-electron chi connectivity index (χ0n) is 17.6. The van der Waals surface area contributed by atoms with Crippen LogP contribution in [-0.4, -0.2) is 44.1 Å².